The van der Waals surface area contributed by atoms with Crippen molar-refractivity contribution in [1.82, 2.24) is 14.8 Å². The summed E-state index contributed by atoms with van der Waals surface area (Å²) in [5, 5.41) is 0. The standard InChI is InChI=1S/C21H23N3O2/c25-20(23-12-4-1-5-13-23)18-9-6-10-19(22-18)21(26)24-14-11-16-7-2-3-8-17(16)15-24/h2-3,6-10H,1,4-5,11-15H2. The zero-order valence-corrected chi connectivity index (χ0v) is 14.9. The van der Waals surface area contributed by atoms with Crippen molar-refractivity contribution in [2.75, 3.05) is 19.6 Å². The van der Waals surface area contributed by atoms with Crippen LogP contribution in [0.25, 0.3) is 0 Å². The second-order valence-corrected chi connectivity index (χ2v) is 7.01. The molecule has 0 atom stereocenters. The van der Waals surface area contributed by atoms with Gasteiger partial charge in [0.25, 0.3) is 11.8 Å². The highest BCUT2D eigenvalue weighted by atomic mass is 16.2. The number of likely N-dealkylation sites (tertiary alicyclic amines) is 1. The van der Waals surface area contributed by atoms with E-state index in [4.69, 9.17) is 0 Å². The maximum atomic E-state index is 12.9. The van der Waals surface area contributed by atoms with Gasteiger partial charge in [-0.2, -0.15) is 0 Å². The Kier molecular flexibility index (Phi) is 4.69. The van der Waals surface area contributed by atoms with Crippen molar-refractivity contribution >= 4 is 11.8 Å². The number of piperidine rings is 1. The molecule has 4 rings (SSSR count). The highest BCUT2D eigenvalue weighted by molar-refractivity contribution is 5.96. The third kappa shape index (κ3) is 3.34. The van der Waals surface area contributed by atoms with Crippen molar-refractivity contribution in [2.45, 2.75) is 32.2 Å². The van der Waals surface area contributed by atoms with Crippen LogP contribution < -0.4 is 0 Å². The molecule has 2 aliphatic heterocycles. The van der Waals surface area contributed by atoms with Crippen LogP contribution in [0.1, 0.15) is 51.4 Å². The van der Waals surface area contributed by atoms with Crippen LogP contribution in [-0.4, -0.2) is 46.2 Å². The van der Waals surface area contributed by atoms with E-state index in [0.29, 0.717) is 24.5 Å². The third-order valence-electron chi connectivity index (χ3n) is 5.25. The van der Waals surface area contributed by atoms with Crippen LogP contribution in [0.4, 0.5) is 0 Å². The Morgan fingerprint density at radius 1 is 0.731 bits per heavy atom. The molecule has 0 aliphatic carbocycles. The lowest BCUT2D eigenvalue weighted by atomic mass is 10.00. The topological polar surface area (TPSA) is 53.5 Å². The third-order valence-corrected chi connectivity index (χ3v) is 5.25. The lowest BCUT2D eigenvalue weighted by Crippen LogP contribution is -2.38. The molecule has 26 heavy (non-hydrogen) atoms. The predicted octanol–water partition coefficient (Wildman–Crippen LogP) is 2.91. The molecule has 134 valence electrons. The minimum Gasteiger partial charge on any atom is -0.337 e. The first kappa shape index (κ1) is 16.8. The zero-order chi connectivity index (χ0) is 17.9. The summed E-state index contributed by atoms with van der Waals surface area (Å²) in [5.41, 5.74) is 3.22. The van der Waals surface area contributed by atoms with Crippen molar-refractivity contribution in [2.24, 2.45) is 0 Å². The molecule has 0 unspecified atom stereocenters. The van der Waals surface area contributed by atoms with Gasteiger partial charge in [-0.3, -0.25) is 9.59 Å². The largest absolute Gasteiger partial charge is 0.337 e. The molecule has 2 aromatic rings. The molecule has 2 aliphatic rings. The van der Waals surface area contributed by atoms with E-state index in [0.717, 1.165) is 32.4 Å². The average molecular weight is 349 g/mol. The summed E-state index contributed by atoms with van der Waals surface area (Å²) in [4.78, 5) is 33.6. The molecule has 0 radical (unpaired) electrons. The van der Waals surface area contributed by atoms with Crippen LogP contribution in [0, 0.1) is 0 Å². The molecule has 1 fully saturated rings. The molecule has 0 N–H and O–H groups in total. The van der Waals surface area contributed by atoms with Crippen LogP contribution in [0.15, 0.2) is 42.5 Å². The average Bonchev–Trinajstić information content (AvgIpc) is 2.73. The van der Waals surface area contributed by atoms with Crippen molar-refractivity contribution in [3.63, 3.8) is 0 Å². The molecule has 5 heteroatoms. The highest BCUT2D eigenvalue weighted by Crippen LogP contribution is 2.20. The number of carbonyl (C=O) groups is 2. The van der Waals surface area contributed by atoms with Gasteiger partial charge in [0.2, 0.25) is 0 Å². The summed E-state index contributed by atoms with van der Waals surface area (Å²) < 4.78 is 0. The number of hydrogen-bond acceptors (Lipinski definition) is 3. The molecule has 0 spiro atoms. The predicted molar refractivity (Wildman–Crippen MR) is 98.9 cm³/mol. The van der Waals surface area contributed by atoms with Crippen molar-refractivity contribution in [3.8, 4) is 0 Å². The molecule has 5 nitrogen and oxygen atoms in total. The van der Waals surface area contributed by atoms with Crippen molar-refractivity contribution in [3.05, 3.63) is 65.0 Å². The maximum absolute atomic E-state index is 12.9. The van der Waals surface area contributed by atoms with Crippen LogP contribution in [0.2, 0.25) is 0 Å². The number of amides is 2. The van der Waals surface area contributed by atoms with E-state index in [9.17, 15) is 9.59 Å². The number of benzene rings is 1. The monoisotopic (exact) mass is 349 g/mol. The summed E-state index contributed by atoms with van der Waals surface area (Å²) in [6.07, 6.45) is 4.11. The SMILES string of the molecule is O=C(c1cccc(C(=O)N2CCc3ccccc3C2)n1)N1CCCCC1. The Morgan fingerprint density at radius 3 is 2.12 bits per heavy atom. The van der Waals surface area contributed by atoms with E-state index < -0.39 is 0 Å². The summed E-state index contributed by atoms with van der Waals surface area (Å²) in [6.45, 7) is 2.84. The van der Waals surface area contributed by atoms with Gasteiger partial charge in [-0.1, -0.05) is 30.3 Å². The number of rotatable bonds is 2. The van der Waals surface area contributed by atoms with E-state index >= 15 is 0 Å². The van der Waals surface area contributed by atoms with Gasteiger partial charge in [0.1, 0.15) is 11.4 Å². The number of nitrogens with zero attached hydrogens (tertiary/aromatic N) is 3. The van der Waals surface area contributed by atoms with E-state index in [1.165, 1.54) is 17.5 Å². The van der Waals surface area contributed by atoms with Crippen LogP contribution >= 0.6 is 0 Å². The molecule has 1 saturated heterocycles. The van der Waals surface area contributed by atoms with Crippen LogP contribution in [0.5, 0.6) is 0 Å². The van der Waals surface area contributed by atoms with E-state index in [2.05, 4.69) is 17.1 Å². The first-order valence-corrected chi connectivity index (χ1v) is 9.35. The number of hydrogen-bond donors (Lipinski definition) is 0. The van der Waals surface area contributed by atoms with Crippen LogP contribution in [-0.2, 0) is 13.0 Å². The number of aromatic nitrogens is 1. The zero-order valence-electron chi connectivity index (χ0n) is 14.9. The second kappa shape index (κ2) is 7.28. The Labute approximate surface area is 153 Å². The number of fused-ring (bicyclic) bond motifs is 1. The maximum Gasteiger partial charge on any atom is 0.272 e. The molecule has 0 bridgehead atoms. The molecule has 3 heterocycles. The van der Waals surface area contributed by atoms with Gasteiger partial charge in [-0.05, 0) is 48.9 Å². The molecule has 1 aromatic heterocycles. The van der Waals surface area contributed by atoms with Crippen LogP contribution in [0.3, 0.4) is 0 Å². The van der Waals surface area contributed by atoms with E-state index in [1.807, 2.05) is 21.9 Å². The highest BCUT2D eigenvalue weighted by Gasteiger charge is 2.24. The molecule has 1 aromatic carbocycles. The quantitative estimate of drug-likeness (QED) is 0.838. The summed E-state index contributed by atoms with van der Waals surface area (Å²) in [7, 11) is 0. The smallest absolute Gasteiger partial charge is 0.272 e. The van der Waals surface area contributed by atoms with Crippen molar-refractivity contribution in [1.29, 1.82) is 0 Å². The fourth-order valence-corrected chi connectivity index (χ4v) is 3.76. The van der Waals surface area contributed by atoms with E-state index in [1.54, 1.807) is 18.2 Å². The Balaban J connectivity index is 1.51. The van der Waals surface area contributed by atoms with Gasteiger partial charge in [-0.15, -0.1) is 0 Å². The minimum atomic E-state index is -0.104. The first-order valence-electron chi connectivity index (χ1n) is 9.35. The van der Waals surface area contributed by atoms with Gasteiger partial charge in [0, 0.05) is 26.2 Å². The Bertz CT molecular complexity index is 828. The van der Waals surface area contributed by atoms with Gasteiger partial charge in [-0.25, -0.2) is 4.98 Å². The van der Waals surface area contributed by atoms with Gasteiger partial charge in [0.05, 0.1) is 0 Å². The van der Waals surface area contributed by atoms with Gasteiger partial charge < -0.3 is 9.80 Å². The minimum absolute atomic E-state index is 0.0664. The summed E-state index contributed by atoms with van der Waals surface area (Å²) in [5.74, 6) is -0.170. The molecular formula is C21H23N3O2. The number of pyridine rings is 1. The summed E-state index contributed by atoms with van der Waals surface area (Å²) in [6, 6.07) is 13.4. The lowest BCUT2D eigenvalue weighted by molar-refractivity contribution is 0.0714. The molecular weight excluding hydrogens is 326 g/mol. The fourth-order valence-electron chi connectivity index (χ4n) is 3.76. The first-order chi connectivity index (χ1) is 12.7. The van der Waals surface area contributed by atoms with Gasteiger partial charge in [0.15, 0.2) is 0 Å². The molecule has 2 amide bonds. The van der Waals surface area contributed by atoms with Gasteiger partial charge >= 0.3 is 0 Å². The summed E-state index contributed by atoms with van der Waals surface area (Å²) >= 11 is 0. The molecule has 0 saturated carbocycles. The Hall–Kier alpha value is -2.69. The van der Waals surface area contributed by atoms with Crippen molar-refractivity contribution < 1.29 is 9.59 Å². The Morgan fingerprint density at radius 2 is 1.38 bits per heavy atom. The van der Waals surface area contributed by atoms with E-state index in [-0.39, 0.29) is 11.8 Å². The second-order valence-electron chi connectivity index (χ2n) is 7.01. The lowest BCUT2D eigenvalue weighted by Gasteiger charge is -2.29. The number of carbonyl (C=O) groups excluding carboxylic acids is 2. The fraction of sp³-hybridized carbons (Fsp3) is 0.381. The normalized spacial score (nSPS) is 16.9.